The van der Waals surface area contributed by atoms with E-state index in [1.165, 1.54) is 5.56 Å². The third-order valence-electron chi connectivity index (χ3n) is 5.68. The smallest absolute Gasteiger partial charge is 0.254 e. The van der Waals surface area contributed by atoms with Crippen molar-refractivity contribution in [3.8, 4) is 0 Å². The largest absolute Gasteiger partial charge is 0.372 e. The van der Waals surface area contributed by atoms with E-state index in [2.05, 4.69) is 46.8 Å². The Bertz CT molecular complexity index is 879. The summed E-state index contributed by atoms with van der Waals surface area (Å²) in [4.78, 5) is 19.1. The Morgan fingerprint density at radius 2 is 1.70 bits per heavy atom. The molecule has 2 aromatic rings. The number of aryl methyl sites for hydroxylation is 1. The SMILES string of the molecule is CN=C(NCc1ccc(C(=O)N2CC(C)OC(C)C2)cc1)NC(C)CCc1ccccc1.I. The summed E-state index contributed by atoms with van der Waals surface area (Å²) in [6.45, 7) is 8.10. The number of halogens is 1. The molecule has 2 aromatic carbocycles. The molecule has 0 bridgehead atoms. The molecule has 33 heavy (non-hydrogen) atoms. The van der Waals surface area contributed by atoms with Crippen molar-refractivity contribution < 1.29 is 9.53 Å². The number of carbonyl (C=O) groups excluding carboxylic acids is 1. The molecule has 1 aliphatic rings. The Morgan fingerprint density at radius 3 is 2.30 bits per heavy atom. The highest BCUT2D eigenvalue weighted by atomic mass is 127. The Balaban J connectivity index is 0.00000385. The topological polar surface area (TPSA) is 66.0 Å². The van der Waals surface area contributed by atoms with Crippen LogP contribution in [-0.4, -0.2) is 55.2 Å². The molecule has 1 saturated heterocycles. The maximum absolute atomic E-state index is 12.8. The maximum Gasteiger partial charge on any atom is 0.254 e. The van der Waals surface area contributed by atoms with Crippen molar-refractivity contribution in [3.63, 3.8) is 0 Å². The molecule has 0 saturated carbocycles. The van der Waals surface area contributed by atoms with Gasteiger partial charge in [-0.15, -0.1) is 24.0 Å². The molecule has 3 rings (SSSR count). The molecule has 0 radical (unpaired) electrons. The average molecular weight is 565 g/mol. The molecule has 0 aliphatic carbocycles. The first kappa shape index (κ1) is 27.1. The van der Waals surface area contributed by atoms with Gasteiger partial charge in [0, 0.05) is 38.3 Å². The van der Waals surface area contributed by atoms with Gasteiger partial charge < -0.3 is 20.3 Å². The molecule has 3 unspecified atom stereocenters. The zero-order chi connectivity index (χ0) is 22.9. The van der Waals surface area contributed by atoms with Crippen LogP contribution in [0.2, 0.25) is 0 Å². The lowest BCUT2D eigenvalue weighted by Crippen LogP contribution is -2.48. The number of carbonyl (C=O) groups is 1. The van der Waals surface area contributed by atoms with Gasteiger partial charge in [-0.1, -0.05) is 42.5 Å². The summed E-state index contributed by atoms with van der Waals surface area (Å²) in [7, 11) is 1.78. The van der Waals surface area contributed by atoms with Crippen LogP contribution in [0.15, 0.2) is 59.6 Å². The number of hydrogen-bond acceptors (Lipinski definition) is 3. The lowest BCUT2D eigenvalue weighted by atomic mass is 10.1. The zero-order valence-corrected chi connectivity index (χ0v) is 22.4. The monoisotopic (exact) mass is 564 g/mol. The van der Waals surface area contributed by atoms with E-state index in [0.717, 1.165) is 24.4 Å². The summed E-state index contributed by atoms with van der Waals surface area (Å²) in [6.07, 6.45) is 2.20. The Morgan fingerprint density at radius 1 is 1.06 bits per heavy atom. The lowest BCUT2D eigenvalue weighted by Gasteiger charge is -2.35. The van der Waals surface area contributed by atoms with E-state index in [0.29, 0.717) is 31.2 Å². The van der Waals surface area contributed by atoms with Crippen LogP contribution in [0.3, 0.4) is 0 Å². The van der Waals surface area contributed by atoms with Gasteiger partial charge in [-0.3, -0.25) is 9.79 Å². The van der Waals surface area contributed by atoms with E-state index < -0.39 is 0 Å². The van der Waals surface area contributed by atoms with Crippen LogP contribution in [-0.2, 0) is 17.7 Å². The van der Waals surface area contributed by atoms with E-state index in [-0.39, 0.29) is 42.1 Å². The summed E-state index contributed by atoms with van der Waals surface area (Å²) < 4.78 is 5.73. The number of hydrogen-bond donors (Lipinski definition) is 2. The Kier molecular flexibility index (Phi) is 11.1. The minimum absolute atomic E-state index is 0. The fourth-order valence-electron chi connectivity index (χ4n) is 4.01. The maximum atomic E-state index is 12.8. The predicted octanol–water partition coefficient (Wildman–Crippen LogP) is 4.24. The van der Waals surface area contributed by atoms with Crippen LogP contribution in [0, 0.1) is 0 Å². The van der Waals surface area contributed by atoms with Crippen molar-refractivity contribution in [2.24, 2.45) is 4.99 Å². The summed E-state index contributed by atoms with van der Waals surface area (Å²) in [5.41, 5.74) is 3.16. The number of guanidine groups is 1. The third kappa shape index (κ3) is 8.62. The highest BCUT2D eigenvalue weighted by Crippen LogP contribution is 2.15. The van der Waals surface area contributed by atoms with E-state index >= 15 is 0 Å². The van der Waals surface area contributed by atoms with Crippen molar-refractivity contribution in [2.45, 2.75) is 58.4 Å². The molecule has 0 aromatic heterocycles. The van der Waals surface area contributed by atoms with E-state index in [1.807, 2.05) is 49.1 Å². The van der Waals surface area contributed by atoms with Gasteiger partial charge in [-0.2, -0.15) is 0 Å². The van der Waals surface area contributed by atoms with E-state index in [4.69, 9.17) is 4.74 Å². The van der Waals surface area contributed by atoms with E-state index in [9.17, 15) is 4.79 Å². The molecule has 6 nitrogen and oxygen atoms in total. The second-order valence-electron chi connectivity index (χ2n) is 8.66. The molecule has 180 valence electrons. The van der Waals surface area contributed by atoms with Crippen molar-refractivity contribution >= 4 is 35.8 Å². The number of morpholine rings is 1. The number of rotatable bonds is 7. The minimum atomic E-state index is 0. The Labute approximate surface area is 215 Å². The fraction of sp³-hybridized carbons (Fsp3) is 0.462. The molecule has 1 fully saturated rings. The molecule has 3 atom stereocenters. The van der Waals surface area contributed by atoms with Crippen molar-refractivity contribution in [3.05, 3.63) is 71.3 Å². The molecule has 1 heterocycles. The van der Waals surface area contributed by atoms with Crippen molar-refractivity contribution in [2.75, 3.05) is 20.1 Å². The number of ether oxygens (including phenoxy) is 1. The highest BCUT2D eigenvalue weighted by Gasteiger charge is 2.26. The van der Waals surface area contributed by atoms with Crippen LogP contribution in [0.25, 0.3) is 0 Å². The number of nitrogens with zero attached hydrogens (tertiary/aromatic N) is 2. The fourth-order valence-corrected chi connectivity index (χ4v) is 4.01. The van der Waals surface area contributed by atoms with Crippen molar-refractivity contribution in [1.29, 1.82) is 0 Å². The lowest BCUT2D eigenvalue weighted by molar-refractivity contribution is -0.0586. The first-order chi connectivity index (χ1) is 15.4. The third-order valence-corrected chi connectivity index (χ3v) is 5.68. The van der Waals surface area contributed by atoms with Gasteiger partial charge in [-0.25, -0.2) is 0 Å². The van der Waals surface area contributed by atoms with Gasteiger partial charge >= 0.3 is 0 Å². The van der Waals surface area contributed by atoms with Gasteiger partial charge in [0.1, 0.15) is 0 Å². The standard InChI is InChI=1S/C26H36N4O2.HI/c1-19(10-11-22-8-6-5-7-9-22)29-26(27-4)28-16-23-12-14-24(15-13-23)25(31)30-17-20(2)32-21(3)18-30;/h5-9,12-15,19-21H,10-11,16-18H2,1-4H3,(H2,27,28,29);1H. The van der Waals surface area contributed by atoms with Gasteiger partial charge in [0.15, 0.2) is 5.96 Å². The van der Waals surface area contributed by atoms with Crippen LogP contribution in [0.5, 0.6) is 0 Å². The Hall–Kier alpha value is -2.13. The second kappa shape index (κ2) is 13.5. The molecule has 1 amide bonds. The summed E-state index contributed by atoms with van der Waals surface area (Å²) in [5, 5.41) is 6.82. The van der Waals surface area contributed by atoms with Gasteiger partial charge in [-0.05, 0) is 56.9 Å². The minimum Gasteiger partial charge on any atom is -0.372 e. The normalized spacial score (nSPS) is 19.4. The predicted molar refractivity (Wildman–Crippen MR) is 145 cm³/mol. The number of amides is 1. The van der Waals surface area contributed by atoms with Crippen LogP contribution < -0.4 is 10.6 Å². The molecular formula is C26H37IN4O2. The molecule has 2 N–H and O–H groups in total. The first-order valence-electron chi connectivity index (χ1n) is 11.5. The second-order valence-corrected chi connectivity index (χ2v) is 8.66. The van der Waals surface area contributed by atoms with Crippen molar-refractivity contribution in [1.82, 2.24) is 15.5 Å². The first-order valence-corrected chi connectivity index (χ1v) is 11.5. The average Bonchev–Trinajstić information content (AvgIpc) is 2.80. The van der Waals surface area contributed by atoms with Crippen LogP contribution in [0.1, 0.15) is 48.7 Å². The summed E-state index contributed by atoms with van der Waals surface area (Å²) in [5.74, 6) is 0.846. The molecule has 1 aliphatic heterocycles. The number of nitrogens with one attached hydrogen (secondary N) is 2. The van der Waals surface area contributed by atoms with Gasteiger partial charge in [0.05, 0.1) is 12.2 Å². The summed E-state index contributed by atoms with van der Waals surface area (Å²) in [6, 6.07) is 18.6. The van der Waals surface area contributed by atoms with Crippen LogP contribution in [0.4, 0.5) is 0 Å². The quantitative estimate of drug-likeness (QED) is 0.300. The van der Waals surface area contributed by atoms with Gasteiger partial charge in [0.2, 0.25) is 0 Å². The molecule has 7 heteroatoms. The van der Waals surface area contributed by atoms with E-state index in [1.54, 1.807) is 7.05 Å². The summed E-state index contributed by atoms with van der Waals surface area (Å²) >= 11 is 0. The van der Waals surface area contributed by atoms with Gasteiger partial charge in [0.25, 0.3) is 5.91 Å². The van der Waals surface area contributed by atoms with Crippen LogP contribution >= 0.6 is 24.0 Å². The molecule has 0 spiro atoms. The molecular weight excluding hydrogens is 527 g/mol. The number of benzene rings is 2. The highest BCUT2D eigenvalue weighted by molar-refractivity contribution is 14.0. The zero-order valence-electron chi connectivity index (χ0n) is 20.1. The number of aliphatic imine (C=N–C) groups is 1.